The van der Waals surface area contributed by atoms with Crippen molar-refractivity contribution in [3.63, 3.8) is 0 Å². The highest BCUT2D eigenvalue weighted by molar-refractivity contribution is 8.76. The maximum absolute atomic E-state index is 14.9. The number of aliphatic imine (C=N–C) groups is 1. The highest BCUT2D eigenvalue weighted by Crippen LogP contribution is 2.25. The summed E-state index contributed by atoms with van der Waals surface area (Å²) in [6, 6.07) is 2.15. The average Bonchev–Trinajstić information content (AvgIpc) is 1.57. The molecule has 532 valence electrons. The molecule has 3 aromatic carbocycles. The zero-order valence-electron chi connectivity index (χ0n) is 54.2. The van der Waals surface area contributed by atoms with Crippen LogP contribution in [-0.4, -0.2) is 218 Å². The monoisotopic (exact) mass is 1400 g/mol. The van der Waals surface area contributed by atoms with Crippen LogP contribution in [0.3, 0.4) is 0 Å². The zero-order chi connectivity index (χ0) is 71.8. The minimum Gasteiger partial charge on any atom is -0.508 e. The number of phenolic OH excluding ortho intramolecular Hbond substituents is 2. The molecule has 0 saturated carbocycles. The summed E-state index contributed by atoms with van der Waals surface area (Å²) in [5.74, 6) is -13.0. The van der Waals surface area contributed by atoms with Gasteiger partial charge in [0.05, 0.1) is 19.3 Å². The van der Waals surface area contributed by atoms with Crippen LogP contribution in [0.1, 0.15) is 69.6 Å². The van der Waals surface area contributed by atoms with Crippen molar-refractivity contribution in [2.75, 3.05) is 44.4 Å². The number of guanidine groups is 1. The maximum Gasteiger partial charge on any atom is 0.245 e. The van der Waals surface area contributed by atoms with E-state index in [1.807, 2.05) is 0 Å². The Morgan fingerprint density at radius 1 is 0.673 bits per heavy atom. The number of hydrogen-bond acceptors (Lipinski definition) is 20. The molecule has 2 fully saturated rings. The van der Waals surface area contributed by atoms with Crippen molar-refractivity contribution in [3.05, 3.63) is 95.7 Å². The predicted octanol–water partition coefficient (Wildman–Crippen LogP) is -4.61. The van der Waals surface area contributed by atoms with E-state index in [1.54, 1.807) is 44.3 Å². The number of carbonyl (C=O) groups excluding carboxylic acids is 12. The van der Waals surface area contributed by atoms with Crippen LogP contribution >= 0.6 is 21.6 Å². The zero-order valence-corrected chi connectivity index (χ0v) is 55.9. The van der Waals surface area contributed by atoms with E-state index in [9.17, 15) is 78.0 Å². The van der Waals surface area contributed by atoms with Crippen LogP contribution in [0.5, 0.6) is 11.5 Å². The number of para-hydroxylation sites is 1. The van der Waals surface area contributed by atoms with Crippen LogP contribution < -0.4 is 76.1 Å². The third kappa shape index (κ3) is 23.3. The minimum atomic E-state index is -1.80. The molecule has 12 amide bonds. The third-order valence-corrected chi connectivity index (χ3v) is 18.4. The molecule has 11 atom stereocenters. The van der Waals surface area contributed by atoms with Gasteiger partial charge in [-0.3, -0.25) is 62.5 Å². The first-order valence-corrected chi connectivity index (χ1v) is 34.1. The average molecular weight is 1400 g/mol. The minimum absolute atomic E-state index is 0.00364. The second-order valence-corrected chi connectivity index (χ2v) is 26.4. The van der Waals surface area contributed by atoms with Gasteiger partial charge < -0.3 is 106 Å². The molecule has 3 heterocycles. The van der Waals surface area contributed by atoms with E-state index in [1.165, 1.54) is 60.4 Å². The lowest BCUT2D eigenvalue weighted by Crippen LogP contribution is -2.61. The molecule has 0 spiro atoms. The van der Waals surface area contributed by atoms with Gasteiger partial charge in [-0.05, 0) is 85.5 Å². The van der Waals surface area contributed by atoms with E-state index in [0.717, 1.165) is 21.6 Å². The second kappa shape index (κ2) is 37.7. The topological polar surface area (TPSA) is 542 Å². The van der Waals surface area contributed by atoms with Gasteiger partial charge in [0, 0.05) is 73.9 Å². The van der Waals surface area contributed by atoms with E-state index in [-0.39, 0.29) is 80.6 Å². The molecule has 0 aliphatic carbocycles. The molecule has 2 saturated heterocycles. The number of nitrogens with zero attached hydrogens (tertiary/aromatic N) is 2. The van der Waals surface area contributed by atoms with Gasteiger partial charge in [0.25, 0.3) is 0 Å². The highest BCUT2D eigenvalue weighted by Gasteiger charge is 2.39. The Hall–Kier alpha value is -9.71. The molecule has 2 aliphatic heterocycles. The van der Waals surface area contributed by atoms with Crippen molar-refractivity contribution in [3.8, 4) is 11.5 Å². The van der Waals surface area contributed by atoms with Gasteiger partial charge in [0.1, 0.15) is 71.9 Å². The first-order valence-electron chi connectivity index (χ1n) is 31.6. The molecular formula is C63H87N17O16S2. The number of aromatic hydroxyl groups is 2. The summed E-state index contributed by atoms with van der Waals surface area (Å²) >= 11 is 0. The van der Waals surface area contributed by atoms with Crippen molar-refractivity contribution in [2.24, 2.45) is 33.8 Å². The Balaban J connectivity index is 1.37. The fraction of sp³-hybridized carbons (Fsp3) is 0.476. The van der Waals surface area contributed by atoms with Crippen LogP contribution in [0, 0.1) is 5.92 Å². The van der Waals surface area contributed by atoms with Crippen LogP contribution in [0.2, 0.25) is 0 Å². The fourth-order valence-corrected chi connectivity index (χ4v) is 12.9. The van der Waals surface area contributed by atoms with Crippen molar-refractivity contribution in [2.45, 2.75) is 139 Å². The number of fused-ring (bicyclic) bond motifs is 1. The number of benzene rings is 3. The van der Waals surface area contributed by atoms with Crippen molar-refractivity contribution in [1.29, 1.82) is 0 Å². The van der Waals surface area contributed by atoms with E-state index < -0.39 is 169 Å². The number of carbonyl (C=O) groups is 12. The lowest BCUT2D eigenvalue weighted by molar-refractivity contribution is -0.140. The first kappa shape index (κ1) is 77.3. The molecule has 4 aromatic rings. The third-order valence-electron chi connectivity index (χ3n) is 16.0. The molecule has 0 unspecified atom stereocenters. The van der Waals surface area contributed by atoms with Gasteiger partial charge in [-0.1, -0.05) is 77.9 Å². The van der Waals surface area contributed by atoms with Crippen molar-refractivity contribution >= 4 is 109 Å². The summed E-state index contributed by atoms with van der Waals surface area (Å²) in [6.45, 7) is 2.35. The number of H-pyrrole nitrogens is 1. The van der Waals surface area contributed by atoms with Gasteiger partial charge in [-0.15, -0.1) is 0 Å². The quantitative estimate of drug-likeness (QED) is 0.0182. The van der Waals surface area contributed by atoms with Crippen LogP contribution in [-0.2, 0) is 76.8 Å². The standard InChI is InChI=1S/C63H87N17O16S2/c1-32(2)51-61(95)75-43(25-35-14-18-38(84)19-15-35)54(88)72-41(10-6-21-69-63(66)67)53(87)68-22-20-50(85)71-45(28-81)57(91)73-44(26-36-27-70-40-9-5-4-8-39(36)40)56(90)76-46(29-82)58(92)77-47(52(65)86)30-97-98-31-48(59(93)79-51)78-55(89)42(24-34-12-16-37(83)17-13-34)74-60(94)49-11-7-23-80(49)62(96)33(3)64/h4-5,8-9,12-19,27,32-33,41-49,51,70,81-84H,6-7,10-11,20-26,28-31,64H2,1-3H3,(H2,65,86)(H,68,87)(H,71,85)(H,72,88)(H,73,91)(H,74,94)(H,75,95)(H,76,90)(H,77,92)(H,78,89)(H,79,93)(H4,66,67,69)/t33-,41-,42-,43-,44-,45-,46-,47-,48-,49-,51-/m0/s1. The van der Waals surface area contributed by atoms with Gasteiger partial charge in [-0.2, -0.15) is 0 Å². The number of likely N-dealkylation sites (tertiary alicyclic amines) is 1. The van der Waals surface area contributed by atoms with Crippen molar-refractivity contribution in [1.82, 2.24) is 63.1 Å². The number of aliphatic hydroxyl groups excluding tert-OH is 2. The summed E-state index contributed by atoms with van der Waals surface area (Å²) in [6.07, 6.45) is 0.970. The molecule has 98 heavy (non-hydrogen) atoms. The molecule has 23 N–H and O–H groups in total. The molecule has 33 nitrogen and oxygen atoms in total. The van der Waals surface area contributed by atoms with Crippen LogP contribution in [0.15, 0.2) is 84.0 Å². The SMILES string of the molecule is CC(C)[C@@H]1NC(=O)[C@@H](NC(=O)[C@H](Cc2ccc(O)cc2)NC(=O)[C@@H]2CCCN2C(=O)[C@H](C)N)CSSC[C@@H](C(N)=O)NC(=O)[C@H](CO)NC(=O)[C@H](Cc2c[nH]c3ccccc23)NC(=O)[C@H](CO)NC(=O)CCNC(=O)[C@H](CCCN=C(N)N)NC(=O)[C@H](Cc2ccc(O)cc2)NC1=O. The van der Waals surface area contributed by atoms with E-state index in [2.05, 4.69) is 63.1 Å². The Morgan fingerprint density at radius 2 is 1.26 bits per heavy atom. The van der Waals surface area contributed by atoms with E-state index >= 15 is 0 Å². The number of phenols is 2. The summed E-state index contributed by atoms with van der Waals surface area (Å²) in [5.41, 5.74) is 24.8. The Bertz CT molecular complexity index is 3500. The van der Waals surface area contributed by atoms with Crippen molar-refractivity contribution < 1.29 is 78.0 Å². The maximum atomic E-state index is 14.9. The Kier molecular flexibility index (Phi) is 29.7. The molecular weight excluding hydrogens is 1310 g/mol. The number of hydrogen-bond donors (Lipinski definition) is 19. The number of primary amides is 1. The van der Waals surface area contributed by atoms with E-state index in [0.29, 0.717) is 34.0 Å². The number of aromatic nitrogens is 1. The molecule has 6 rings (SSSR count). The second-order valence-electron chi connectivity index (χ2n) is 23.9. The summed E-state index contributed by atoms with van der Waals surface area (Å²) in [4.78, 5) is 178. The fourth-order valence-electron chi connectivity index (χ4n) is 10.6. The summed E-state index contributed by atoms with van der Waals surface area (Å²) in [5, 5.41) is 67.5. The lowest BCUT2D eigenvalue weighted by atomic mass is 10.00. The van der Waals surface area contributed by atoms with Gasteiger partial charge in [-0.25, -0.2) is 0 Å². The van der Waals surface area contributed by atoms with Crippen LogP contribution in [0.25, 0.3) is 10.9 Å². The van der Waals surface area contributed by atoms with Gasteiger partial charge >= 0.3 is 0 Å². The first-order chi connectivity index (χ1) is 46.7. The van der Waals surface area contributed by atoms with E-state index in [4.69, 9.17) is 22.9 Å². The number of nitrogens with one attached hydrogen (secondary N) is 11. The molecule has 0 bridgehead atoms. The number of amides is 12. The molecule has 1 aromatic heterocycles. The van der Waals surface area contributed by atoms with Gasteiger partial charge in [0.15, 0.2) is 5.96 Å². The number of aromatic amines is 1. The van der Waals surface area contributed by atoms with Crippen LogP contribution in [0.4, 0.5) is 0 Å². The summed E-state index contributed by atoms with van der Waals surface area (Å²) < 4.78 is 0. The summed E-state index contributed by atoms with van der Waals surface area (Å²) in [7, 11) is 1.73. The number of nitrogens with two attached hydrogens (primary N) is 4. The highest BCUT2D eigenvalue weighted by atomic mass is 33.1. The van der Waals surface area contributed by atoms with Gasteiger partial charge in [0.2, 0.25) is 70.9 Å². The smallest absolute Gasteiger partial charge is 0.245 e. The number of aliphatic hydroxyl groups is 2. The largest absolute Gasteiger partial charge is 0.508 e. The Labute approximate surface area is 571 Å². The predicted molar refractivity (Wildman–Crippen MR) is 362 cm³/mol. The number of rotatable bonds is 19. The lowest BCUT2D eigenvalue weighted by Gasteiger charge is -2.29. The normalized spacial score (nSPS) is 23.2. The molecule has 0 radical (unpaired) electrons. The Morgan fingerprint density at radius 3 is 1.89 bits per heavy atom. The molecule has 2 aliphatic rings. The molecule has 35 heteroatoms.